The standard InChI is InChI=1S/C10H8N4O3/c11-7-3-4-9(12-6-7)13-5-1-2-8(10(13)15)14(16)17/h1-6H,11H2. The molecule has 0 spiro atoms. The Morgan fingerprint density at radius 2 is 2.12 bits per heavy atom. The molecule has 0 saturated heterocycles. The Morgan fingerprint density at radius 1 is 1.35 bits per heavy atom. The molecule has 2 rings (SSSR count). The minimum Gasteiger partial charge on any atom is -0.397 e. The van der Waals surface area contributed by atoms with Gasteiger partial charge in [-0.1, -0.05) is 0 Å². The van der Waals surface area contributed by atoms with Crippen LogP contribution in [0.3, 0.4) is 0 Å². The van der Waals surface area contributed by atoms with E-state index < -0.39 is 16.2 Å². The van der Waals surface area contributed by atoms with Crippen LogP contribution in [0, 0.1) is 10.1 Å². The van der Waals surface area contributed by atoms with Gasteiger partial charge in [0.2, 0.25) is 0 Å². The predicted octanol–water partition coefficient (Wildman–Crippen LogP) is 0.723. The zero-order chi connectivity index (χ0) is 12.4. The molecule has 2 N–H and O–H groups in total. The van der Waals surface area contributed by atoms with Crippen LogP contribution in [0.4, 0.5) is 11.4 Å². The third kappa shape index (κ3) is 1.98. The Labute approximate surface area is 95.3 Å². The van der Waals surface area contributed by atoms with Crippen LogP contribution in [0.25, 0.3) is 5.82 Å². The summed E-state index contributed by atoms with van der Waals surface area (Å²) in [7, 11) is 0. The molecule has 2 heterocycles. The molecule has 2 aromatic rings. The fraction of sp³-hybridized carbons (Fsp3) is 0. The fourth-order valence-electron chi connectivity index (χ4n) is 1.34. The molecule has 17 heavy (non-hydrogen) atoms. The van der Waals surface area contributed by atoms with Crippen LogP contribution < -0.4 is 11.3 Å². The monoisotopic (exact) mass is 232 g/mol. The van der Waals surface area contributed by atoms with Crippen molar-refractivity contribution in [2.45, 2.75) is 0 Å². The lowest BCUT2D eigenvalue weighted by Gasteiger charge is -2.03. The van der Waals surface area contributed by atoms with Crippen LogP contribution in [-0.4, -0.2) is 14.5 Å². The molecule has 0 radical (unpaired) electrons. The van der Waals surface area contributed by atoms with Crippen LogP contribution in [-0.2, 0) is 0 Å². The average molecular weight is 232 g/mol. The number of nitrogens with two attached hydrogens (primary N) is 1. The first-order valence-electron chi connectivity index (χ1n) is 4.67. The number of hydrogen-bond donors (Lipinski definition) is 1. The molecule has 0 aliphatic carbocycles. The predicted molar refractivity (Wildman–Crippen MR) is 60.9 cm³/mol. The van der Waals surface area contributed by atoms with E-state index in [1.54, 1.807) is 6.07 Å². The number of aromatic nitrogens is 2. The van der Waals surface area contributed by atoms with Crippen molar-refractivity contribution in [2.75, 3.05) is 5.73 Å². The molecule has 0 aliphatic rings. The van der Waals surface area contributed by atoms with E-state index in [4.69, 9.17) is 5.73 Å². The third-order valence-electron chi connectivity index (χ3n) is 2.14. The number of nitrogens with zero attached hydrogens (tertiary/aromatic N) is 3. The van der Waals surface area contributed by atoms with Gasteiger partial charge in [0.25, 0.3) is 0 Å². The first-order valence-corrected chi connectivity index (χ1v) is 4.67. The van der Waals surface area contributed by atoms with Gasteiger partial charge in [0.05, 0.1) is 16.8 Å². The number of nitro groups is 1. The van der Waals surface area contributed by atoms with Crippen molar-refractivity contribution in [3.05, 3.63) is 57.1 Å². The molecular formula is C10H8N4O3. The van der Waals surface area contributed by atoms with Crippen molar-refractivity contribution in [2.24, 2.45) is 0 Å². The van der Waals surface area contributed by atoms with Gasteiger partial charge in [0.1, 0.15) is 5.82 Å². The molecule has 2 aromatic heterocycles. The molecule has 7 nitrogen and oxygen atoms in total. The summed E-state index contributed by atoms with van der Waals surface area (Å²) in [6.45, 7) is 0. The molecule has 0 saturated carbocycles. The number of anilines is 1. The highest BCUT2D eigenvalue weighted by molar-refractivity contribution is 5.40. The van der Waals surface area contributed by atoms with E-state index in [1.807, 2.05) is 0 Å². The number of hydrogen-bond acceptors (Lipinski definition) is 5. The maximum Gasteiger partial charge on any atom is 0.334 e. The van der Waals surface area contributed by atoms with E-state index in [-0.39, 0.29) is 5.82 Å². The molecule has 0 amide bonds. The van der Waals surface area contributed by atoms with Crippen molar-refractivity contribution in [3.63, 3.8) is 0 Å². The molecule has 0 unspecified atom stereocenters. The Balaban J connectivity index is 2.61. The minimum absolute atomic E-state index is 0.285. The van der Waals surface area contributed by atoms with Crippen LogP contribution in [0.1, 0.15) is 0 Å². The second-order valence-electron chi connectivity index (χ2n) is 3.28. The Hall–Kier alpha value is -2.70. The third-order valence-corrected chi connectivity index (χ3v) is 2.14. The van der Waals surface area contributed by atoms with Crippen LogP contribution in [0.5, 0.6) is 0 Å². The second-order valence-corrected chi connectivity index (χ2v) is 3.28. The summed E-state index contributed by atoms with van der Waals surface area (Å²) in [5.41, 5.74) is 4.69. The topological polar surface area (TPSA) is 104 Å². The number of nitrogen functional groups attached to an aromatic ring is 1. The molecular weight excluding hydrogens is 224 g/mol. The van der Waals surface area contributed by atoms with Gasteiger partial charge in [-0.05, 0) is 18.2 Å². The molecule has 0 fully saturated rings. The van der Waals surface area contributed by atoms with E-state index >= 15 is 0 Å². The quantitative estimate of drug-likeness (QED) is 0.606. The molecule has 86 valence electrons. The van der Waals surface area contributed by atoms with Crippen molar-refractivity contribution in [1.29, 1.82) is 0 Å². The number of rotatable bonds is 2. The smallest absolute Gasteiger partial charge is 0.334 e. The summed E-state index contributed by atoms with van der Waals surface area (Å²) in [4.78, 5) is 25.6. The Bertz CT molecular complexity index is 618. The maximum atomic E-state index is 11.7. The van der Waals surface area contributed by atoms with Gasteiger partial charge in [-0.25, -0.2) is 4.98 Å². The van der Waals surface area contributed by atoms with E-state index in [9.17, 15) is 14.9 Å². The van der Waals surface area contributed by atoms with Gasteiger partial charge >= 0.3 is 11.2 Å². The molecule has 7 heteroatoms. The normalized spacial score (nSPS) is 10.1. The molecule has 0 aliphatic heterocycles. The van der Waals surface area contributed by atoms with Crippen LogP contribution in [0.15, 0.2) is 41.5 Å². The highest BCUT2D eigenvalue weighted by Gasteiger charge is 2.14. The van der Waals surface area contributed by atoms with E-state index in [0.29, 0.717) is 5.69 Å². The summed E-state index contributed by atoms with van der Waals surface area (Å²) in [5, 5.41) is 10.6. The van der Waals surface area contributed by atoms with Gasteiger partial charge < -0.3 is 5.73 Å². The van der Waals surface area contributed by atoms with E-state index in [1.165, 1.54) is 24.5 Å². The number of pyridine rings is 2. The van der Waals surface area contributed by atoms with Gasteiger partial charge in [0, 0.05) is 12.3 Å². The first-order chi connectivity index (χ1) is 8.09. The zero-order valence-corrected chi connectivity index (χ0v) is 8.61. The molecule has 0 aromatic carbocycles. The van der Waals surface area contributed by atoms with E-state index in [2.05, 4.69) is 4.98 Å². The van der Waals surface area contributed by atoms with Gasteiger partial charge in [-0.3, -0.25) is 19.5 Å². The first kappa shape index (κ1) is 10.8. The van der Waals surface area contributed by atoms with Crippen molar-refractivity contribution in [3.8, 4) is 5.82 Å². The van der Waals surface area contributed by atoms with Gasteiger partial charge in [-0.2, -0.15) is 0 Å². The Kier molecular flexibility index (Phi) is 2.57. The molecule has 0 atom stereocenters. The summed E-state index contributed by atoms with van der Waals surface area (Å²) in [5.74, 6) is 0.285. The van der Waals surface area contributed by atoms with Crippen LogP contribution in [0.2, 0.25) is 0 Å². The highest BCUT2D eigenvalue weighted by Crippen LogP contribution is 2.08. The maximum absolute atomic E-state index is 11.7. The average Bonchev–Trinajstić information content (AvgIpc) is 2.30. The second kappa shape index (κ2) is 4.05. The van der Waals surface area contributed by atoms with E-state index in [0.717, 1.165) is 10.6 Å². The van der Waals surface area contributed by atoms with Crippen LogP contribution >= 0.6 is 0 Å². The van der Waals surface area contributed by atoms with Crippen molar-refractivity contribution in [1.82, 2.24) is 9.55 Å². The van der Waals surface area contributed by atoms with Crippen molar-refractivity contribution < 1.29 is 4.92 Å². The SMILES string of the molecule is Nc1ccc(-n2cccc([N+](=O)[O-])c2=O)nc1. The fourth-order valence-corrected chi connectivity index (χ4v) is 1.34. The Morgan fingerprint density at radius 3 is 2.71 bits per heavy atom. The van der Waals surface area contributed by atoms with Gasteiger partial charge in [-0.15, -0.1) is 0 Å². The summed E-state index contributed by atoms with van der Waals surface area (Å²) >= 11 is 0. The van der Waals surface area contributed by atoms with Gasteiger partial charge in [0.15, 0.2) is 0 Å². The summed E-state index contributed by atoms with van der Waals surface area (Å²) in [6, 6.07) is 5.64. The highest BCUT2D eigenvalue weighted by atomic mass is 16.6. The lowest BCUT2D eigenvalue weighted by Crippen LogP contribution is -2.20. The zero-order valence-electron chi connectivity index (χ0n) is 8.61. The molecule has 0 bridgehead atoms. The summed E-state index contributed by atoms with van der Waals surface area (Å²) in [6.07, 6.45) is 2.79. The summed E-state index contributed by atoms with van der Waals surface area (Å²) < 4.78 is 1.09. The largest absolute Gasteiger partial charge is 0.397 e. The lowest BCUT2D eigenvalue weighted by molar-refractivity contribution is -0.386. The lowest BCUT2D eigenvalue weighted by atomic mass is 10.3. The minimum atomic E-state index is -0.727. The van der Waals surface area contributed by atoms with Crippen molar-refractivity contribution >= 4 is 11.4 Å².